The average molecular weight is 200 g/mol. The molecule has 3 nitrogen and oxygen atoms in total. The molecule has 0 radical (unpaired) electrons. The van der Waals surface area contributed by atoms with Gasteiger partial charge in [-0.1, -0.05) is 13.8 Å². The Hall–Kier alpha value is -0.120. The first kappa shape index (κ1) is 12.0. The van der Waals surface area contributed by atoms with Gasteiger partial charge in [0.25, 0.3) is 0 Å². The van der Waals surface area contributed by atoms with Crippen LogP contribution in [0.2, 0.25) is 0 Å². The van der Waals surface area contributed by atoms with Gasteiger partial charge in [-0.3, -0.25) is 4.90 Å². The zero-order valence-electron chi connectivity index (χ0n) is 9.92. The van der Waals surface area contributed by atoms with E-state index in [9.17, 15) is 0 Å². The summed E-state index contributed by atoms with van der Waals surface area (Å²) in [5.74, 6) is 0.722. The molecule has 0 spiro atoms. The van der Waals surface area contributed by atoms with Crippen LogP contribution in [0.4, 0.5) is 0 Å². The molecule has 1 aliphatic rings. The molecule has 1 rings (SSSR count). The Kier molecular flexibility index (Phi) is 4.85. The number of hydrogen-bond acceptors (Lipinski definition) is 3. The van der Waals surface area contributed by atoms with Crippen molar-refractivity contribution in [1.82, 2.24) is 10.2 Å². The van der Waals surface area contributed by atoms with Crippen LogP contribution in [0.15, 0.2) is 0 Å². The largest absolute Gasteiger partial charge is 0.380 e. The van der Waals surface area contributed by atoms with Crippen molar-refractivity contribution in [1.29, 1.82) is 0 Å². The average Bonchev–Trinajstić information content (AvgIpc) is 2.16. The number of hydrogen-bond donors (Lipinski definition) is 1. The fourth-order valence-electron chi connectivity index (χ4n) is 2.21. The van der Waals surface area contributed by atoms with Crippen LogP contribution in [0.25, 0.3) is 0 Å². The highest BCUT2D eigenvalue weighted by Crippen LogP contribution is 2.14. The number of ether oxygens (including phenoxy) is 1. The molecule has 1 saturated heterocycles. The quantitative estimate of drug-likeness (QED) is 0.731. The monoisotopic (exact) mass is 200 g/mol. The molecule has 2 atom stereocenters. The molecule has 14 heavy (non-hydrogen) atoms. The highest BCUT2D eigenvalue weighted by atomic mass is 16.5. The zero-order valence-corrected chi connectivity index (χ0v) is 9.92. The third-order valence-corrected chi connectivity index (χ3v) is 2.92. The Bertz CT molecular complexity index is 161. The molecule has 1 fully saturated rings. The summed E-state index contributed by atoms with van der Waals surface area (Å²) in [4.78, 5) is 2.42. The summed E-state index contributed by atoms with van der Waals surface area (Å²) in [6, 6.07) is 1.13. The van der Waals surface area contributed by atoms with Crippen molar-refractivity contribution in [3.8, 4) is 0 Å². The summed E-state index contributed by atoms with van der Waals surface area (Å²) in [7, 11) is 4.25. The molecule has 0 aromatic rings. The summed E-state index contributed by atoms with van der Waals surface area (Å²) in [5, 5.41) is 3.39. The van der Waals surface area contributed by atoms with Gasteiger partial charge in [0.1, 0.15) is 0 Å². The topological polar surface area (TPSA) is 24.5 Å². The fraction of sp³-hybridized carbons (Fsp3) is 1.00. The third-order valence-electron chi connectivity index (χ3n) is 2.92. The Morgan fingerprint density at radius 3 is 2.79 bits per heavy atom. The van der Waals surface area contributed by atoms with Gasteiger partial charge in [0.05, 0.1) is 6.61 Å². The standard InChI is InChI=1S/C11H24N2O/c1-9(2)7-13(4)11-8-14-6-5-10(11)12-3/h9-12H,5-8H2,1-4H3. The number of rotatable bonds is 4. The Morgan fingerprint density at radius 1 is 1.50 bits per heavy atom. The van der Waals surface area contributed by atoms with E-state index >= 15 is 0 Å². The minimum Gasteiger partial charge on any atom is -0.380 e. The molecule has 0 aromatic heterocycles. The minimum atomic E-state index is 0.538. The van der Waals surface area contributed by atoms with Crippen LogP contribution in [0.5, 0.6) is 0 Å². The van der Waals surface area contributed by atoms with Gasteiger partial charge in [-0.2, -0.15) is 0 Å². The van der Waals surface area contributed by atoms with Crippen LogP contribution in [0.1, 0.15) is 20.3 Å². The number of nitrogens with one attached hydrogen (secondary N) is 1. The van der Waals surface area contributed by atoms with Crippen molar-refractivity contribution in [2.24, 2.45) is 5.92 Å². The van der Waals surface area contributed by atoms with E-state index in [1.54, 1.807) is 0 Å². The van der Waals surface area contributed by atoms with Crippen molar-refractivity contribution in [2.45, 2.75) is 32.4 Å². The van der Waals surface area contributed by atoms with E-state index in [1.807, 2.05) is 7.05 Å². The first-order chi connectivity index (χ1) is 6.65. The lowest BCUT2D eigenvalue weighted by Gasteiger charge is -2.38. The number of nitrogens with zero attached hydrogens (tertiary/aromatic N) is 1. The van der Waals surface area contributed by atoms with Gasteiger partial charge in [-0.25, -0.2) is 0 Å². The lowest BCUT2D eigenvalue weighted by molar-refractivity contribution is 0.00461. The Labute approximate surface area is 87.8 Å². The second-order valence-electron chi connectivity index (χ2n) is 4.66. The van der Waals surface area contributed by atoms with Gasteiger partial charge < -0.3 is 10.1 Å². The molecule has 84 valence electrons. The van der Waals surface area contributed by atoms with Crippen LogP contribution in [0, 0.1) is 5.92 Å². The maximum absolute atomic E-state index is 5.54. The van der Waals surface area contributed by atoms with E-state index < -0.39 is 0 Å². The summed E-state index contributed by atoms with van der Waals surface area (Å²) in [5.41, 5.74) is 0. The molecule has 0 saturated carbocycles. The maximum atomic E-state index is 5.54. The van der Waals surface area contributed by atoms with E-state index in [2.05, 4.69) is 31.1 Å². The molecule has 1 N–H and O–H groups in total. The first-order valence-electron chi connectivity index (χ1n) is 5.60. The highest BCUT2D eigenvalue weighted by molar-refractivity contribution is 4.85. The van der Waals surface area contributed by atoms with Crippen LogP contribution < -0.4 is 5.32 Å². The van der Waals surface area contributed by atoms with Gasteiger partial charge in [0.2, 0.25) is 0 Å². The second kappa shape index (κ2) is 5.69. The summed E-state index contributed by atoms with van der Waals surface area (Å²) >= 11 is 0. The van der Waals surface area contributed by atoms with Crippen molar-refractivity contribution >= 4 is 0 Å². The van der Waals surface area contributed by atoms with Gasteiger partial charge >= 0.3 is 0 Å². The van der Waals surface area contributed by atoms with Crippen molar-refractivity contribution in [2.75, 3.05) is 33.9 Å². The van der Waals surface area contributed by atoms with Crippen LogP contribution >= 0.6 is 0 Å². The maximum Gasteiger partial charge on any atom is 0.0636 e. The highest BCUT2D eigenvalue weighted by Gasteiger charge is 2.27. The molecule has 0 amide bonds. The zero-order chi connectivity index (χ0) is 10.6. The second-order valence-corrected chi connectivity index (χ2v) is 4.66. The van der Waals surface area contributed by atoms with Crippen LogP contribution in [0.3, 0.4) is 0 Å². The summed E-state index contributed by atoms with van der Waals surface area (Å²) in [6.07, 6.45) is 1.13. The van der Waals surface area contributed by atoms with E-state index in [1.165, 1.54) is 0 Å². The molecular weight excluding hydrogens is 176 g/mol. The molecule has 0 aromatic carbocycles. The van der Waals surface area contributed by atoms with Crippen LogP contribution in [-0.2, 0) is 4.74 Å². The van der Waals surface area contributed by atoms with Gasteiger partial charge in [0.15, 0.2) is 0 Å². The SMILES string of the molecule is CNC1CCOCC1N(C)CC(C)C. The Balaban J connectivity index is 2.45. The van der Waals surface area contributed by atoms with E-state index in [4.69, 9.17) is 4.74 Å². The molecular formula is C11H24N2O. The molecule has 0 aliphatic carbocycles. The van der Waals surface area contributed by atoms with E-state index in [0.29, 0.717) is 12.1 Å². The predicted octanol–water partition coefficient (Wildman–Crippen LogP) is 0.951. The van der Waals surface area contributed by atoms with E-state index in [0.717, 1.165) is 32.1 Å². The van der Waals surface area contributed by atoms with E-state index in [-0.39, 0.29) is 0 Å². The fourth-order valence-corrected chi connectivity index (χ4v) is 2.21. The molecule has 3 heteroatoms. The summed E-state index contributed by atoms with van der Waals surface area (Å²) < 4.78 is 5.54. The number of likely N-dealkylation sites (N-methyl/N-ethyl adjacent to an activating group) is 2. The van der Waals surface area contributed by atoms with Crippen molar-refractivity contribution in [3.05, 3.63) is 0 Å². The Morgan fingerprint density at radius 2 is 2.21 bits per heavy atom. The lowest BCUT2D eigenvalue weighted by atomic mass is 10.0. The van der Waals surface area contributed by atoms with Crippen molar-refractivity contribution in [3.63, 3.8) is 0 Å². The lowest BCUT2D eigenvalue weighted by Crippen LogP contribution is -2.54. The molecule has 0 bridgehead atoms. The summed E-state index contributed by atoms with van der Waals surface area (Å²) in [6.45, 7) is 7.43. The van der Waals surface area contributed by atoms with Gasteiger partial charge in [-0.15, -0.1) is 0 Å². The molecule has 1 aliphatic heterocycles. The normalized spacial score (nSPS) is 28.7. The smallest absolute Gasteiger partial charge is 0.0636 e. The molecule has 2 unspecified atom stereocenters. The predicted molar refractivity (Wildman–Crippen MR) is 59.5 cm³/mol. The minimum absolute atomic E-state index is 0.538. The van der Waals surface area contributed by atoms with Gasteiger partial charge in [-0.05, 0) is 26.4 Å². The first-order valence-corrected chi connectivity index (χ1v) is 5.60. The molecule has 1 heterocycles. The third kappa shape index (κ3) is 3.23. The van der Waals surface area contributed by atoms with Crippen LogP contribution in [-0.4, -0.2) is 50.8 Å². The van der Waals surface area contributed by atoms with Crippen molar-refractivity contribution < 1.29 is 4.74 Å². The van der Waals surface area contributed by atoms with Gasteiger partial charge in [0, 0.05) is 25.2 Å².